The largest absolute Gasteiger partial charge is 0.387 e. The molecule has 0 aromatic heterocycles. The van der Waals surface area contributed by atoms with Gasteiger partial charge in [-0.2, -0.15) is 0 Å². The minimum Gasteiger partial charge on any atom is -0.387 e. The third-order valence-corrected chi connectivity index (χ3v) is 4.44. The van der Waals surface area contributed by atoms with Crippen molar-refractivity contribution in [3.63, 3.8) is 0 Å². The van der Waals surface area contributed by atoms with Crippen LogP contribution in [0.1, 0.15) is 67.0 Å². The zero-order chi connectivity index (χ0) is 15.3. The molecule has 2 nitrogen and oxygen atoms in total. The van der Waals surface area contributed by atoms with Crippen LogP contribution in [-0.4, -0.2) is 17.7 Å². The predicted molar refractivity (Wildman–Crippen MR) is 87.3 cm³/mol. The van der Waals surface area contributed by atoms with E-state index in [0.717, 1.165) is 12.1 Å². The van der Waals surface area contributed by atoms with E-state index in [2.05, 4.69) is 52.9 Å². The van der Waals surface area contributed by atoms with Crippen LogP contribution in [0.5, 0.6) is 0 Å². The van der Waals surface area contributed by atoms with Gasteiger partial charge in [-0.05, 0) is 75.4 Å². The molecule has 1 aromatic rings. The van der Waals surface area contributed by atoms with Crippen LogP contribution >= 0.6 is 0 Å². The third kappa shape index (κ3) is 4.07. The van der Waals surface area contributed by atoms with Crippen LogP contribution in [0.2, 0.25) is 0 Å². The second kappa shape index (κ2) is 7.80. The number of rotatable bonds is 7. The van der Waals surface area contributed by atoms with Gasteiger partial charge in [0.05, 0.1) is 6.10 Å². The highest BCUT2D eigenvalue weighted by Crippen LogP contribution is 2.29. The summed E-state index contributed by atoms with van der Waals surface area (Å²) in [5.74, 6) is 0. The van der Waals surface area contributed by atoms with E-state index in [-0.39, 0.29) is 6.04 Å². The highest BCUT2D eigenvalue weighted by atomic mass is 16.3. The van der Waals surface area contributed by atoms with E-state index in [1.165, 1.54) is 41.5 Å². The zero-order valence-corrected chi connectivity index (χ0v) is 14.0. The first-order chi connectivity index (χ1) is 9.40. The van der Waals surface area contributed by atoms with Gasteiger partial charge in [-0.25, -0.2) is 0 Å². The maximum atomic E-state index is 10.7. The maximum absolute atomic E-state index is 10.7. The molecule has 0 fully saturated rings. The second-order valence-electron chi connectivity index (χ2n) is 6.07. The van der Waals surface area contributed by atoms with Crippen molar-refractivity contribution in [2.45, 2.75) is 73.0 Å². The molecule has 0 heterocycles. The summed E-state index contributed by atoms with van der Waals surface area (Å²) in [5, 5.41) is 14.2. The van der Waals surface area contributed by atoms with E-state index >= 15 is 0 Å². The highest BCUT2D eigenvalue weighted by Gasteiger charge is 2.21. The average Bonchev–Trinajstić information content (AvgIpc) is 2.41. The number of nitrogens with one attached hydrogen (secondary N) is 1. The summed E-state index contributed by atoms with van der Waals surface area (Å²) in [6, 6.07) is 2.30. The predicted octanol–water partition coefficient (Wildman–Crippen LogP) is 4.12. The van der Waals surface area contributed by atoms with Gasteiger partial charge in [0.2, 0.25) is 0 Å². The van der Waals surface area contributed by atoms with Crippen molar-refractivity contribution in [3.8, 4) is 0 Å². The molecule has 0 radical (unpaired) electrons. The molecule has 0 saturated carbocycles. The Labute approximate surface area is 124 Å². The lowest BCUT2D eigenvalue weighted by Crippen LogP contribution is -2.33. The van der Waals surface area contributed by atoms with Gasteiger partial charge < -0.3 is 10.4 Å². The Hall–Kier alpha value is -0.860. The van der Waals surface area contributed by atoms with Gasteiger partial charge >= 0.3 is 0 Å². The van der Waals surface area contributed by atoms with Crippen LogP contribution in [0.4, 0.5) is 0 Å². The van der Waals surface area contributed by atoms with E-state index in [0.29, 0.717) is 0 Å². The number of hydrogen-bond donors (Lipinski definition) is 2. The molecule has 0 saturated heterocycles. The average molecular weight is 277 g/mol. The molecule has 0 bridgehead atoms. The number of benzene rings is 1. The molecule has 0 amide bonds. The van der Waals surface area contributed by atoms with E-state index in [4.69, 9.17) is 0 Å². The summed E-state index contributed by atoms with van der Waals surface area (Å²) in [5.41, 5.74) is 6.09. The smallest absolute Gasteiger partial charge is 0.0945 e. The molecule has 0 aliphatic heterocycles. The Kier molecular flexibility index (Phi) is 6.70. The van der Waals surface area contributed by atoms with Crippen molar-refractivity contribution in [2.24, 2.45) is 0 Å². The second-order valence-corrected chi connectivity index (χ2v) is 6.07. The molecule has 2 N–H and O–H groups in total. The number of aliphatic hydroxyl groups excluding tert-OH is 1. The van der Waals surface area contributed by atoms with Crippen molar-refractivity contribution in [1.29, 1.82) is 0 Å². The molecule has 0 spiro atoms. The van der Waals surface area contributed by atoms with Gasteiger partial charge in [-0.3, -0.25) is 0 Å². The van der Waals surface area contributed by atoms with Crippen molar-refractivity contribution in [3.05, 3.63) is 33.9 Å². The topological polar surface area (TPSA) is 32.3 Å². The van der Waals surface area contributed by atoms with Crippen LogP contribution in [0.3, 0.4) is 0 Å². The molecular formula is C18H31NO. The van der Waals surface area contributed by atoms with Crippen LogP contribution in [0.15, 0.2) is 6.07 Å². The summed E-state index contributed by atoms with van der Waals surface area (Å²) in [7, 11) is 0. The van der Waals surface area contributed by atoms with Crippen molar-refractivity contribution >= 4 is 0 Å². The number of aryl methyl sites for hydroxylation is 2. The number of hydrogen-bond acceptors (Lipinski definition) is 2. The standard InChI is InChI=1S/C18H31NO/c1-7-8-9-10-19-16(6)18(20)17-14(4)12(2)11-13(3)15(17)5/h11,16,18-20H,7-10H2,1-6H3. The Bertz CT molecular complexity index is 413. The number of unbranched alkanes of at least 4 members (excludes halogenated alkanes) is 2. The lowest BCUT2D eigenvalue weighted by molar-refractivity contribution is 0.134. The molecule has 0 aliphatic carbocycles. The van der Waals surface area contributed by atoms with Gasteiger partial charge in [0.25, 0.3) is 0 Å². The van der Waals surface area contributed by atoms with Crippen LogP contribution in [0.25, 0.3) is 0 Å². The fraction of sp³-hybridized carbons (Fsp3) is 0.667. The van der Waals surface area contributed by atoms with Crippen LogP contribution in [0, 0.1) is 27.7 Å². The third-order valence-electron chi connectivity index (χ3n) is 4.44. The van der Waals surface area contributed by atoms with Gasteiger partial charge in [0, 0.05) is 6.04 Å². The van der Waals surface area contributed by atoms with Crippen molar-refractivity contribution < 1.29 is 5.11 Å². The molecule has 0 aliphatic rings. The maximum Gasteiger partial charge on any atom is 0.0945 e. The summed E-state index contributed by atoms with van der Waals surface area (Å²) in [6.07, 6.45) is 3.22. The molecule has 20 heavy (non-hydrogen) atoms. The van der Waals surface area contributed by atoms with Crippen LogP contribution in [-0.2, 0) is 0 Å². The summed E-state index contributed by atoms with van der Waals surface area (Å²) >= 11 is 0. The first-order valence-electron chi connectivity index (χ1n) is 7.88. The monoisotopic (exact) mass is 277 g/mol. The first kappa shape index (κ1) is 17.2. The molecular weight excluding hydrogens is 246 g/mol. The fourth-order valence-corrected chi connectivity index (χ4v) is 2.76. The Morgan fingerprint density at radius 1 is 1.05 bits per heavy atom. The lowest BCUT2D eigenvalue weighted by atomic mass is 9.88. The Balaban J connectivity index is 2.83. The van der Waals surface area contributed by atoms with E-state index in [9.17, 15) is 5.11 Å². The molecule has 114 valence electrons. The lowest BCUT2D eigenvalue weighted by Gasteiger charge is -2.25. The summed E-state index contributed by atoms with van der Waals surface area (Å²) in [6.45, 7) is 13.7. The quantitative estimate of drug-likeness (QED) is 0.735. The van der Waals surface area contributed by atoms with E-state index in [1.54, 1.807) is 0 Å². The molecule has 2 heteroatoms. The molecule has 1 rings (SSSR count). The minimum absolute atomic E-state index is 0.0884. The van der Waals surface area contributed by atoms with E-state index in [1.807, 2.05) is 0 Å². The van der Waals surface area contributed by atoms with Gasteiger partial charge in [0.1, 0.15) is 0 Å². The van der Waals surface area contributed by atoms with Crippen molar-refractivity contribution in [1.82, 2.24) is 5.32 Å². The Morgan fingerprint density at radius 3 is 2.10 bits per heavy atom. The van der Waals surface area contributed by atoms with Gasteiger partial charge in [-0.1, -0.05) is 25.8 Å². The molecule has 1 aromatic carbocycles. The highest BCUT2D eigenvalue weighted by molar-refractivity contribution is 5.45. The minimum atomic E-state index is -0.435. The summed E-state index contributed by atoms with van der Waals surface area (Å²) < 4.78 is 0. The Morgan fingerprint density at radius 2 is 1.60 bits per heavy atom. The van der Waals surface area contributed by atoms with Crippen LogP contribution < -0.4 is 5.32 Å². The molecule has 2 atom stereocenters. The van der Waals surface area contributed by atoms with Gasteiger partial charge in [-0.15, -0.1) is 0 Å². The first-order valence-corrected chi connectivity index (χ1v) is 7.88. The zero-order valence-electron chi connectivity index (χ0n) is 14.0. The number of aliphatic hydroxyl groups is 1. The van der Waals surface area contributed by atoms with E-state index < -0.39 is 6.10 Å². The normalized spacial score (nSPS) is 14.3. The molecule has 2 unspecified atom stereocenters. The SMILES string of the molecule is CCCCCNC(C)C(O)c1c(C)c(C)cc(C)c1C. The van der Waals surface area contributed by atoms with Crippen molar-refractivity contribution in [2.75, 3.05) is 6.54 Å². The fourth-order valence-electron chi connectivity index (χ4n) is 2.76. The summed E-state index contributed by atoms with van der Waals surface area (Å²) in [4.78, 5) is 0. The van der Waals surface area contributed by atoms with Gasteiger partial charge in [0.15, 0.2) is 0 Å².